The fourth-order valence-electron chi connectivity index (χ4n) is 1.45. The Morgan fingerprint density at radius 3 is 2.85 bits per heavy atom. The number of benzene rings is 1. The van der Waals surface area contributed by atoms with Gasteiger partial charge in [-0.3, -0.25) is 4.79 Å². The molecule has 0 aliphatic rings. The molecule has 0 saturated heterocycles. The van der Waals surface area contributed by atoms with Gasteiger partial charge in [-0.15, -0.1) is 11.6 Å². The first kappa shape index (κ1) is 16.4. The molecule has 1 aromatic carbocycles. The van der Waals surface area contributed by atoms with E-state index in [0.29, 0.717) is 23.9 Å². The Bertz CT molecular complexity index is 550. The Kier molecular flexibility index (Phi) is 6.92. The molecule has 20 heavy (non-hydrogen) atoms. The van der Waals surface area contributed by atoms with E-state index in [1.165, 1.54) is 6.20 Å². The van der Waals surface area contributed by atoms with Crippen LogP contribution in [0.5, 0.6) is 0 Å². The quantitative estimate of drug-likeness (QED) is 0.367. The third kappa shape index (κ3) is 5.12. The van der Waals surface area contributed by atoms with Crippen molar-refractivity contribution in [1.29, 1.82) is 5.26 Å². The molecule has 0 aromatic heterocycles. The number of halogens is 2. The highest BCUT2D eigenvalue weighted by Gasteiger charge is 2.08. The lowest BCUT2D eigenvalue weighted by Crippen LogP contribution is -2.26. The molecule has 0 fully saturated rings. The van der Waals surface area contributed by atoms with Gasteiger partial charge in [-0.05, 0) is 37.1 Å². The average Bonchev–Trinajstić information content (AvgIpc) is 2.42. The van der Waals surface area contributed by atoms with E-state index in [1.807, 2.05) is 13.0 Å². The van der Waals surface area contributed by atoms with Crippen molar-refractivity contribution in [3.05, 3.63) is 40.6 Å². The van der Waals surface area contributed by atoms with Crippen molar-refractivity contribution in [2.75, 3.05) is 17.7 Å². The lowest BCUT2D eigenvalue weighted by Gasteiger charge is -2.07. The molecule has 2 N–H and O–H groups in total. The molecule has 0 unspecified atom stereocenters. The third-order valence-electron chi connectivity index (χ3n) is 2.52. The van der Waals surface area contributed by atoms with E-state index in [1.54, 1.807) is 18.2 Å². The summed E-state index contributed by atoms with van der Waals surface area (Å²) in [6, 6.07) is 7.17. The Labute approximate surface area is 128 Å². The van der Waals surface area contributed by atoms with Crippen molar-refractivity contribution < 1.29 is 4.79 Å². The van der Waals surface area contributed by atoms with Crippen LogP contribution >= 0.6 is 23.2 Å². The van der Waals surface area contributed by atoms with Gasteiger partial charge in [0.1, 0.15) is 11.6 Å². The molecule has 0 atom stereocenters. The van der Waals surface area contributed by atoms with E-state index < -0.39 is 5.91 Å². The normalized spacial score (nSPS) is 10.8. The first-order valence-electron chi connectivity index (χ1n) is 6.05. The zero-order valence-corrected chi connectivity index (χ0v) is 12.6. The van der Waals surface area contributed by atoms with Crippen molar-refractivity contribution in [2.45, 2.75) is 13.3 Å². The van der Waals surface area contributed by atoms with Crippen LogP contribution in [0.2, 0.25) is 5.02 Å². The van der Waals surface area contributed by atoms with Crippen molar-refractivity contribution in [3.63, 3.8) is 0 Å². The maximum Gasteiger partial charge on any atom is 0.263 e. The Hall–Kier alpha value is -1.70. The van der Waals surface area contributed by atoms with Gasteiger partial charge in [-0.1, -0.05) is 11.6 Å². The molecule has 1 aromatic rings. The number of carbonyl (C=O) groups excluding carboxylic acids is 1. The topological polar surface area (TPSA) is 64.9 Å². The zero-order chi connectivity index (χ0) is 15.0. The van der Waals surface area contributed by atoms with Gasteiger partial charge < -0.3 is 10.6 Å². The van der Waals surface area contributed by atoms with E-state index in [2.05, 4.69) is 10.6 Å². The van der Waals surface area contributed by atoms with Gasteiger partial charge in [0.15, 0.2) is 0 Å². The highest BCUT2D eigenvalue weighted by molar-refractivity contribution is 6.30. The summed E-state index contributed by atoms with van der Waals surface area (Å²) in [5, 5.41) is 15.2. The first-order chi connectivity index (χ1) is 9.58. The Morgan fingerprint density at radius 1 is 1.50 bits per heavy atom. The Balaban J connectivity index is 2.70. The minimum Gasteiger partial charge on any atom is -0.360 e. The molecule has 106 valence electrons. The van der Waals surface area contributed by atoms with Crippen LogP contribution < -0.4 is 10.6 Å². The fourth-order valence-corrected chi connectivity index (χ4v) is 1.81. The summed E-state index contributed by atoms with van der Waals surface area (Å²) < 4.78 is 0. The van der Waals surface area contributed by atoms with Crippen LogP contribution in [0.25, 0.3) is 0 Å². The molecule has 4 nitrogen and oxygen atoms in total. The predicted molar refractivity (Wildman–Crippen MR) is 81.9 cm³/mol. The molecule has 0 radical (unpaired) electrons. The zero-order valence-electron chi connectivity index (χ0n) is 11.0. The Morgan fingerprint density at radius 2 is 2.25 bits per heavy atom. The SMILES string of the molecule is Cc1cc(Cl)ccc1N/C=C(/C#N)C(=O)NCCCCl. The number of alkyl halides is 1. The molecule has 0 bridgehead atoms. The van der Waals surface area contributed by atoms with E-state index >= 15 is 0 Å². The number of nitrogens with zero attached hydrogens (tertiary/aromatic N) is 1. The number of nitrogens with one attached hydrogen (secondary N) is 2. The van der Waals surface area contributed by atoms with Gasteiger partial charge in [-0.2, -0.15) is 5.26 Å². The minimum atomic E-state index is -0.420. The molecular formula is C14H15Cl2N3O. The largest absolute Gasteiger partial charge is 0.360 e. The number of hydrogen-bond donors (Lipinski definition) is 2. The van der Waals surface area contributed by atoms with Crippen LogP contribution in [-0.4, -0.2) is 18.3 Å². The number of rotatable bonds is 6. The van der Waals surface area contributed by atoms with Crippen molar-refractivity contribution in [3.8, 4) is 6.07 Å². The summed E-state index contributed by atoms with van der Waals surface area (Å²) in [6.45, 7) is 2.33. The monoisotopic (exact) mass is 311 g/mol. The summed E-state index contributed by atoms with van der Waals surface area (Å²) in [6.07, 6.45) is 2.04. The van der Waals surface area contributed by atoms with Crippen LogP contribution in [0.1, 0.15) is 12.0 Å². The summed E-state index contributed by atoms with van der Waals surface area (Å²) in [4.78, 5) is 11.7. The second-order valence-electron chi connectivity index (χ2n) is 4.07. The van der Waals surface area contributed by atoms with Crippen LogP contribution in [0, 0.1) is 18.3 Å². The molecular weight excluding hydrogens is 297 g/mol. The summed E-state index contributed by atoms with van der Waals surface area (Å²) in [5.41, 5.74) is 1.72. The lowest BCUT2D eigenvalue weighted by molar-refractivity contribution is -0.117. The maximum absolute atomic E-state index is 11.7. The smallest absolute Gasteiger partial charge is 0.263 e. The first-order valence-corrected chi connectivity index (χ1v) is 6.97. The molecule has 6 heteroatoms. The summed E-state index contributed by atoms with van der Waals surface area (Å²) in [5.74, 6) is 0.0467. The number of hydrogen-bond acceptors (Lipinski definition) is 3. The number of aryl methyl sites for hydroxylation is 1. The second kappa shape index (κ2) is 8.47. The van der Waals surface area contributed by atoms with E-state index in [-0.39, 0.29) is 5.57 Å². The summed E-state index contributed by atoms with van der Waals surface area (Å²) >= 11 is 11.4. The van der Waals surface area contributed by atoms with Gasteiger partial charge in [0.25, 0.3) is 5.91 Å². The second-order valence-corrected chi connectivity index (χ2v) is 4.89. The molecule has 1 amide bonds. The molecule has 0 saturated carbocycles. The van der Waals surface area contributed by atoms with Crippen LogP contribution in [0.4, 0.5) is 5.69 Å². The maximum atomic E-state index is 11.7. The van der Waals surface area contributed by atoms with Crippen LogP contribution in [0.15, 0.2) is 30.0 Å². The standard InChI is InChI=1S/C14H15Cl2N3O/c1-10-7-12(16)3-4-13(10)19-9-11(8-17)14(20)18-6-2-5-15/h3-4,7,9,19H,2,5-6H2,1H3,(H,18,20)/b11-9-. The molecule has 0 spiro atoms. The molecule has 0 aliphatic heterocycles. The van der Waals surface area contributed by atoms with Crippen molar-refractivity contribution in [1.82, 2.24) is 5.32 Å². The fraction of sp³-hybridized carbons (Fsp3) is 0.286. The van der Waals surface area contributed by atoms with Crippen molar-refractivity contribution in [2.24, 2.45) is 0 Å². The summed E-state index contributed by atoms with van der Waals surface area (Å²) in [7, 11) is 0. The van der Waals surface area contributed by atoms with Gasteiger partial charge in [0.05, 0.1) is 0 Å². The van der Waals surface area contributed by atoms with Gasteiger partial charge in [-0.25, -0.2) is 0 Å². The van der Waals surface area contributed by atoms with Gasteiger partial charge in [0, 0.05) is 29.3 Å². The number of amides is 1. The van der Waals surface area contributed by atoms with Gasteiger partial charge in [0.2, 0.25) is 0 Å². The average molecular weight is 312 g/mol. The number of anilines is 1. The molecule has 1 rings (SSSR count). The molecule has 0 heterocycles. The van der Waals surface area contributed by atoms with E-state index in [4.69, 9.17) is 28.5 Å². The molecule has 0 aliphatic carbocycles. The van der Waals surface area contributed by atoms with E-state index in [9.17, 15) is 4.79 Å². The highest BCUT2D eigenvalue weighted by atomic mass is 35.5. The third-order valence-corrected chi connectivity index (χ3v) is 3.02. The van der Waals surface area contributed by atoms with E-state index in [0.717, 1.165) is 11.3 Å². The number of carbonyl (C=O) groups is 1. The van der Waals surface area contributed by atoms with Crippen LogP contribution in [-0.2, 0) is 4.79 Å². The lowest BCUT2D eigenvalue weighted by atomic mass is 10.2. The minimum absolute atomic E-state index is 0.00826. The number of nitriles is 1. The van der Waals surface area contributed by atoms with Crippen molar-refractivity contribution >= 4 is 34.8 Å². The van der Waals surface area contributed by atoms with Gasteiger partial charge >= 0.3 is 0 Å². The highest BCUT2D eigenvalue weighted by Crippen LogP contribution is 2.19. The predicted octanol–water partition coefficient (Wildman–Crippen LogP) is 3.21. The van der Waals surface area contributed by atoms with Crippen LogP contribution in [0.3, 0.4) is 0 Å².